The molecule has 1 fully saturated rings. The van der Waals surface area contributed by atoms with E-state index in [1.165, 1.54) is 9.75 Å². The van der Waals surface area contributed by atoms with Crippen LogP contribution in [-0.4, -0.2) is 46.7 Å². The van der Waals surface area contributed by atoms with Crippen molar-refractivity contribution in [2.45, 2.75) is 51.1 Å². The van der Waals surface area contributed by atoms with Crippen LogP contribution >= 0.6 is 11.3 Å². The van der Waals surface area contributed by atoms with Gasteiger partial charge >= 0.3 is 0 Å². The first-order valence-electron chi connectivity index (χ1n) is 11.4. The summed E-state index contributed by atoms with van der Waals surface area (Å²) in [5, 5.41) is 3.05. The van der Waals surface area contributed by atoms with Gasteiger partial charge in [-0.3, -0.25) is 9.69 Å². The molecule has 1 atom stereocenters. The van der Waals surface area contributed by atoms with Crippen molar-refractivity contribution in [3.05, 3.63) is 69.9 Å². The SMILES string of the molecule is COc1cccc(CNC(=O)C2Cn3ccnc3C3(CCN(Cc4ccc(C)s4)CC3)O2)c1. The minimum Gasteiger partial charge on any atom is -0.497 e. The first-order chi connectivity index (χ1) is 16.0. The molecule has 0 bridgehead atoms. The number of likely N-dealkylation sites (tertiary alicyclic amines) is 1. The van der Waals surface area contributed by atoms with Gasteiger partial charge in [-0.15, -0.1) is 11.3 Å². The molecule has 2 aliphatic rings. The quantitative estimate of drug-likeness (QED) is 0.603. The molecule has 3 aromatic rings. The van der Waals surface area contributed by atoms with Crippen molar-refractivity contribution in [2.75, 3.05) is 20.2 Å². The second-order valence-electron chi connectivity index (χ2n) is 8.86. The number of hydrogen-bond acceptors (Lipinski definition) is 6. The molecular formula is C25H30N4O3S. The van der Waals surface area contributed by atoms with Gasteiger partial charge in [0.15, 0.2) is 6.10 Å². The third-order valence-electron chi connectivity index (χ3n) is 6.59. The summed E-state index contributed by atoms with van der Waals surface area (Å²) < 4.78 is 13.9. The highest BCUT2D eigenvalue weighted by Crippen LogP contribution is 2.40. The minimum atomic E-state index is -0.538. The summed E-state index contributed by atoms with van der Waals surface area (Å²) in [6.07, 6.45) is 4.89. The number of piperidine rings is 1. The number of ether oxygens (including phenoxy) is 2. The molecule has 1 unspecified atom stereocenters. The summed E-state index contributed by atoms with van der Waals surface area (Å²) in [6, 6.07) is 12.1. The van der Waals surface area contributed by atoms with Crippen LogP contribution in [0.25, 0.3) is 0 Å². The zero-order valence-corrected chi connectivity index (χ0v) is 19.9. The van der Waals surface area contributed by atoms with Gasteiger partial charge in [0.25, 0.3) is 5.91 Å². The Labute approximate surface area is 198 Å². The van der Waals surface area contributed by atoms with Crippen molar-refractivity contribution >= 4 is 17.2 Å². The van der Waals surface area contributed by atoms with Crippen molar-refractivity contribution < 1.29 is 14.3 Å². The molecule has 7 nitrogen and oxygen atoms in total. The van der Waals surface area contributed by atoms with E-state index in [0.717, 1.165) is 49.6 Å². The Kier molecular flexibility index (Phi) is 6.23. The predicted molar refractivity (Wildman–Crippen MR) is 127 cm³/mol. The second-order valence-corrected chi connectivity index (χ2v) is 10.2. The molecule has 1 N–H and O–H groups in total. The van der Waals surface area contributed by atoms with Gasteiger partial charge in [-0.1, -0.05) is 12.1 Å². The van der Waals surface area contributed by atoms with Crippen LogP contribution in [0.15, 0.2) is 48.8 Å². The minimum absolute atomic E-state index is 0.0898. The van der Waals surface area contributed by atoms with Gasteiger partial charge in [0.1, 0.15) is 17.2 Å². The first kappa shape index (κ1) is 22.1. The number of benzene rings is 1. The number of hydrogen-bond donors (Lipinski definition) is 1. The molecule has 8 heteroatoms. The molecule has 0 radical (unpaired) electrons. The van der Waals surface area contributed by atoms with Crippen LogP contribution < -0.4 is 10.1 Å². The van der Waals surface area contributed by atoms with Gasteiger partial charge in [0.05, 0.1) is 13.7 Å². The number of amides is 1. The molecule has 1 spiro atoms. The number of methoxy groups -OCH3 is 1. The van der Waals surface area contributed by atoms with E-state index in [-0.39, 0.29) is 5.91 Å². The number of nitrogens with one attached hydrogen (secondary N) is 1. The van der Waals surface area contributed by atoms with E-state index in [1.807, 2.05) is 48.0 Å². The monoisotopic (exact) mass is 466 g/mol. The van der Waals surface area contributed by atoms with Crippen molar-refractivity contribution in [1.82, 2.24) is 19.8 Å². The molecule has 174 valence electrons. The van der Waals surface area contributed by atoms with Crippen molar-refractivity contribution in [3.63, 3.8) is 0 Å². The summed E-state index contributed by atoms with van der Waals surface area (Å²) in [4.78, 5) is 22.9. The largest absolute Gasteiger partial charge is 0.497 e. The third kappa shape index (κ3) is 4.69. The van der Waals surface area contributed by atoms with Gasteiger partial charge in [0, 0.05) is 48.3 Å². The Hall–Kier alpha value is -2.68. The van der Waals surface area contributed by atoms with Crippen LogP contribution in [0.1, 0.15) is 34.0 Å². The lowest BCUT2D eigenvalue weighted by molar-refractivity contribution is -0.174. The van der Waals surface area contributed by atoms with Crippen molar-refractivity contribution in [2.24, 2.45) is 0 Å². The maximum Gasteiger partial charge on any atom is 0.251 e. The summed E-state index contributed by atoms with van der Waals surface area (Å²) in [6.45, 7) is 5.87. The van der Waals surface area contributed by atoms with E-state index in [1.54, 1.807) is 7.11 Å². The molecule has 4 heterocycles. The highest BCUT2D eigenvalue weighted by molar-refractivity contribution is 7.11. The number of rotatable bonds is 6. The van der Waals surface area contributed by atoms with E-state index in [9.17, 15) is 4.79 Å². The molecule has 33 heavy (non-hydrogen) atoms. The lowest BCUT2D eigenvalue weighted by Gasteiger charge is -2.45. The van der Waals surface area contributed by atoms with Crippen LogP contribution in [0, 0.1) is 6.92 Å². The number of imidazole rings is 1. The predicted octanol–water partition coefficient (Wildman–Crippen LogP) is 3.47. The van der Waals surface area contributed by atoms with Crippen molar-refractivity contribution in [3.8, 4) is 5.75 Å². The number of aromatic nitrogens is 2. The Morgan fingerprint density at radius 2 is 2.15 bits per heavy atom. The van der Waals surface area contributed by atoms with Gasteiger partial charge < -0.3 is 19.4 Å². The Morgan fingerprint density at radius 3 is 2.91 bits per heavy atom. The maximum absolute atomic E-state index is 13.1. The van der Waals surface area contributed by atoms with E-state index in [2.05, 4.69) is 38.8 Å². The number of carbonyl (C=O) groups is 1. The van der Waals surface area contributed by atoms with E-state index >= 15 is 0 Å². The molecule has 0 saturated carbocycles. The molecule has 1 aromatic carbocycles. The molecule has 1 saturated heterocycles. The summed E-state index contributed by atoms with van der Waals surface area (Å²) in [7, 11) is 1.64. The molecular weight excluding hydrogens is 436 g/mol. The fourth-order valence-corrected chi connectivity index (χ4v) is 5.76. The zero-order valence-electron chi connectivity index (χ0n) is 19.1. The Balaban J connectivity index is 1.25. The number of nitrogens with zero attached hydrogens (tertiary/aromatic N) is 3. The number of fused-ring (bicyclic) bond motifs is 2. The van der Waals surface area contributed by atoms with Gasteiger partial charge in [-0.25, -0.2) is 4.98 Å². The molecule has 2 aliphatic heterocycles. The van der Waals surface area contributed by atoms with Crippen LogP contribution in [-0.2, 0) is 34.8 Å². The standard InChI is InChI=1S/C25H30N4O3S/c1-18-6-7-21(33-18)16-28-11-8-25(9-12-28)24-26-10-13-29(24)17-22(32-25)23(30)27-15-19-4-3-5-20(14-19)31-2/h3-7,10,13-14,22H,8-9,11-12,15-17H2,1-2H3,(H,27,30). The third-order valence-corrected chi connectivity index (χ3v) is 7.57. The fraction of sp³-hybridized carbons (Fsp3) is 0.440. The highest BCUT2D eigenvalue weighted by atomic mass is 32.1. The summed E-state index contributed by atoms with van der Waals surface area (Å²) in [5.41, 5.74) is 0.482. The summed E-state index contributed by atoms with van der Waals surface area (Å²) in [5.74, 6) is 1.64. The molecule has 0 aliphatic carbocycles. The van der Waals surface area contributed by atoms with E-state index < -0.39 is 11.7 Å². The molecule has 2 aromatic heterocycles. The van der Waals surface area contributed by atoms with Crippen LogP contribution in [0.3, 0.4) is 0 Å². The van der Waals surface area contributed by atoms with Crippen LogP contribution in [0.4, 0.5) is 0 Å². The van der Waals surface area contributed by atoms with Gasteiger partial charge in [0.2, 0.25) is 0 Å². The molecule has 5 rings (SSSR count). The average Bonchev–Trinajstić information content (AvgIpc) is 3.48. The normalized spacial score (nSPS) is 19.9. The molecule has 1 amide bonds. The highest BCUT2D eigenvalue weighted by Gasteiger charge is 2.47. The lowest BCUT2D eigenvalue weighted by Crippen LogP contribution is -2.53. The number of aryl methyl sites for hydroxylation is 1. The second kappa shape index (κ2) is 9.29. The topological polar surface area (TPSA) is 68.6 Å². The van der Waals surface area contributed by atoms with Gasteiger partial charge in [-0.05, 0) is 49.6 Å². The smallest absolute Gasteiger partial charge is 0.251 e. The maximum atomic E-state index is 13.1. The van der Waals surface area contributed by atoms with Crippen LogP contribution in [0.2, 0.25) is 0 Å². The first-order valence-corrected chi connectivity index (χ1v) is 12.2. The van der Waals surface area contributed by atoms with E-state index in [0.29, 0.717) is 13.1 Å². The van der Waals surface area contributed by atoms with Crippen molar-refractivity contribution in [1.29, 1.82) is 0 Å². The number of carbonyl (C=O) groups excluding carboxylic acids is 1. The summed E-state index contributed by atoms with van der Waals surface area (Å²) >= 11 is 1.86. The number of thiophene rings is 1. The average molecular weight is 467 g/mol. The Bertz CT molecular complexity index is 1120. The van der Waals surface area contributed by atoms with E-state index in [4.69, 9.17) is 9.47 Å². The zero-order chi connectivity index (χ0) is 22.8. The fourth-order valence-electron chi connectivity index (χ4n) is 4.82. The lowest BCUT2D eigenvalue weighted by atomic mass is 9.88. The van der Waals surface area contributed by atoms with Crippen LogP contribution in [0.5, 0.6) is 5.75 Å². The Morgan fingerprint density at radius 1 is 1.30 bits per heavy atom. The van der Waals surface area contributed by atoms with Gasteiger partial charge in [-0.2, -0.15) is 0 Å².